The topological polar surface area (TPSA) is 59.3 Å². The van der Waals surface area contributed by atoms with Crippen LogP contribution in [0.2, 0.25) is 0 Å². The summed E-state index contributed by atoms with van der Waals surface area (Å²) in [6.07, 6.45) is 3.73. The van der Waals surface area contributed by atoms with Gasteiger partial charge in [-0.1, -0.05) is 5.16 Å². The van der Waals surface area contributed by atoms with Gasteiger partial charge in [-0.2, -0.15) is 0 Å². The summed E-state index contributed by atoms with van der Waals surface area (Å²) in [5, 5.41) is 21.8. The van der Waals surface area contributed by atoms with E-state index >= 15 is 0 Å². The van der Waals surface area contributed by atoms with E-state index < -0.39 is 0 Å². The lowest BCUT2D eigenvalue weighted by molar-refractivity contribution is 0.0863. The van der Waals surface area contributed by atoms with E-state index in [0.717, 1.165) is 38.4 Å². The lowest BCUT2D eigenvalue weighted by atomic mass is 9.91. The molecular formula is C13H23N3O2. The Morgan fingerprint density at radius 3 is 2.61 bits per heavy atom. The molecule has 0 aromatic heterocycles. The van der Waals surface area contributed by atoms with Crippen LogP contribution >= 0.6 is 0 Å². The van der Waals surface area contributed by atoms with E-state index in [0.29, 0.717) is 17.9 Å². The first-order chi connectivity index (χ1) is 8.83. The molecule has 5 nitrogen and oxygen atoms in total. The van der Waals surface area contributed by atoms with Crippen molar-refractivity contribution in [1.29, 1.82) is 0 Å². The molecular weight excluding hydrogens is 230 g/mol. The maximum atomic E-state index is 9.24. The Balaban J connectivity index is 1.62. The van der Waals surface area contributed by atoms with E-state index in [1.165, 1.54) is 19.3 Å². The van der Waals surface area contributed by atoms with E-state index in [4.69, 9.17) is 5.11 Å². The third kappa shape index (κ3) is 2.04. The third-order valence-corrected chi connectivity index (χ3v) is 4.97. The van der Waals surface area contributed by atoms with Crippen LogP contribution in [0.5, 0.6) is 0 Å². The Kier molecular flexibility index (Phi) is 3.54. The molecule has 3 rings (SSSR count). The summed E-state index contributed by atoms with van der Waals surface area (Å²) in [6.45, 7) is 5.14. The Bertz CT molecular complexity index is 326. The molecule has 0 amide bonds. The number of aliphatic hydroxyl groups excluding tert-OH is 1. The molecule has 2 N–H and O–H groups in total. The van der Waals surface area contributed by atoms with Crippen molar-refractivity contribution in [3.8, 4) is 0 Å². The van der Waals surface area contributed by atoms with Gasteiger partial charge in [0.15, 0.2) is 0 Å². The molecule has 3 atom stereocenters. The van der Waals surface area contributed by atoms with Gasteiger partial charge in [0.25, 0.3) is 0 Å². The Labute approximate surface area is 108 Å². The number of oxime groups is 1. The molecule has 3 fully saturated rings. The van der Waals surface area contributed by atoms with Crippen molar-refractivity contribution in [2.45, 2.75) is 25.3 Å². The molecule has 0 unspecified atom stereocenters. The second-order valence-electron chi connectivity index (χ2n) is 5.84. The lowest BCUT2D eigenvalue weighted by Gasteiger charge is -2.40. The van der Waals surface area contributed by atoms with Gasteiger partial charge in [0.05, 0.1) is 18.4 Å². The normalized spacial score (nSPS) is 39.8. The number of β-amino-alcohol motifs (C(OH)–C–C–N with tert-alkyl or cyclic N) is 1. The van der Waals surface area contributed by atoms with Gasteiger partial charge >= 0.3 is 0 Å². The fourth-order valence-electron chi connectivity index (χ4n) is 4.09. The van der Waals surface area contributed by atoms with Crippen LogP contribution in [0.1, 0.15) is 19.3 Å². The molecule has 2 bridgehead atoms. The van der Waals surface area contributed by atoms with E-state index in [1.807, 2.05) is 0 Å². The zero-order valence-corrected chi connectivity index (χ0v) is 10.8. The minimum atomic E-state index is 0.247. The molecule has 0 radical (unpaired) electrons. The van der Waals surface area contributed by atoms with Gasteiger partial charge in [-0.25, -0.2) is 0 Å². The molecule has 3 aliphatic rings. The molecule has 2 saturated carbocycles. The average Bonchev–Trinajstić information content (AvgIpc) is 3.00. The molecule has 2 aliphatic carbocycles. The van der Waals surface area contributed by atoms with E-state index in [-0.39, 0.29) is 6.61 Å². The molecule has 0 spiro atoms. The highest BCUT2D eigenvalue weighted by Crippen LogP contribution is 2.45. The Morgan fingerprint density at radius 1 is 1.17 bits per heavy atom. The van der Waals surface area contributed by atoms with Gasteiger partial charge in [-0.05, 0) is 25.2 Å². The SMILES string of the molecule is OCCN1CCN([C@@H]2/C(=N\O)[C@H]3CC[C@@H]2C3)CC1. The van der Waals surface area contributed by atoms with Crippen LogP contribution in [0.25, 0.3) is 0 Å². The standard InChI is InChI=1S/C13H23N3O2/c17-8-7-15-3-5-16(6-4-15)13-11-2-1-10(9-11)12(13)14-18/h10-11,13,17-18H,1-9H2/b14-12-/t10-,11+,13-/m0/s1. The molecule has 5 heteroatoms. The van der Waals surface area contributed by atoms with Crippen molar-refractivity contribution in [2.24, 2.45) is 17.0 Å². The second-order valence-corrected chi connectivity index (χ2v) is 5.84. The number of piperazine rings is 1. The van der Waals surface area contributed by atoms with Gasteiger partial charge in [0.2, 0.25) is 0 Å². The van der Waals surface area contributed by atoms with Crippen LogP contribution in [-0.2, 0) is 0 Å². The predicted molar refractivity (Wildman–Crippen MR) is 68.9 cm³/mol. The van der Waals surface area contributed by atoms with Crippen LogP contribution < -0.4 is 0 Å². The molecule has 102 valence electrons. The maximum Gasteiger partial charge on any atom is 0.0775 e. The summed E-state index contributed by atoms with van der Waals surface area (Å²) in [4.78, 5) is 4.80. The molecule has 0 aromatic carbocycles. The van der Waals surface area contributed by atoms with Gasteiger partial charge in [0.1, 0.15) is 0 Å². The monoisotopic (exact) mass is 253 g/mol. The van der Waals surface area contributed by atoms with Crippen molar-refractivity contribution < 1.29 is 10.3 Å². The van der Waals surface area contributed by atoms with Crippen molar-refractivity contribution >= 4 is 5.71 Å². The highest BCUT2D eigenvalue weighted by atomic mass is 16.4. The molecule has 1 aliphatic heterocycles. The van der Waals surface area contributed by atoms with E-state index in [1.54, 1.807) is 0 Å². The summed E-state index contributed by atoms with van der Waals surface area (Å²) < 4.78 is 0. The van der Waals surface area contributed by atoms with Crippen molar-refractivity contribution in [2.75, 3.05) is 39.3 Å². The minimum absolute atomic E-state index is 0.247. The fraction of sp³-hybridized carbons (Fsp3) is 0.923. The number of fused-ring (bicyclic) bond motifs is 2. The van der Waals surface area contributed by atoms with Crippen LogP contribution in [-0.4, -0.2) is 71.2 Å². The predicted octanol–water partition coefficient (Wildman–Crippen LogP) is 0.225. The van der Waals surface area contributed by atoms with Gasteiger partial charge in [-0.15, -0.1) is 0 Å². The van der Waals surface area contributed by atoms with Crippen LogP contribution in [0.4, 0.5) is 0 Å². The number of hydrogen-bond acceptors (Lipinski definition) is 5. The molecule has 0 aromatic rings. The first-order valence-electron chi connectivity index (χ1n) is 7.12. The minimum Gasteiger partial charge on any atom is -0.411 e. The van der Waals surface area contributed by atoms with Crippen LogP contribution in [0.15, 0.2) is 5.16 Å². The van der Waals surface area contributed by atoms with Crippen LogP contribution in [0.3, 0.4) is 0 Å². The summed E-state index contributed by atoms with van der Waals surface area (Å²) >= 11 is 0. The lowest BCUT2D eigenvalue weighted by Crippen LogP contribution is -2.54. The van der Waals surface area contributed by atoms with Crippen LogP contribution in [0, 0.1) is 11.8 Å². The van der Waals surface area contributed by atoms with Gasteiger partial charge in [-0.3, -0.25) is 9.80 Å². The number of rotatable bonds is 3. The summed E-state index contributed by atoms with van der Waals surface area (Å²) in [6, 6.07) is 0.394. The largest absolute Gasteiger partial charge is 0.411 e. The molecule has 1 heterocycles. The first kappa shape index (κ1) is 12.4. The van der Waals surface area contributed by atoms with E-state index in [9.17, 15) is 5.21 Å². The Morgan fingerprint density at radius 2 is 1.94 bits per heavy atom. The zero-order valence-electron chi connectivity index (χ0n) is 10.8. The highest BCUT2D eigenvalue weighted by molar-refractivity contribution is 5.94. The fourth-order valence-corrected chi connectivity index (χ4v) is 4.09. The van der Waals surface area contributed by atoms with Crippen molar-refractivity contribution in [3.63, 3.8) is 0 Å². The quantitative estimate of drug-likeness (QED) is 0.558. The summed E-state index contributed by atoms with van der Waals surface area (Å²) in [5.74, 6) is 1.26. The van der Waals surface area contributed by atoms with Gasteiger partial charge in [0, 0.05) is 38.6 Å². The highest BCUT2D eigenvalue weighted by Gasteiger charge is 2.48. The summed E-state index contributed by atoms with van der Waals surface area (Å²) in [7, 11) is 0. The van der Waals surface area contributed by atoms with Gasteiger partial charge < -0.3 is 10.3 Å². The number of nitrogens with zero attached hydrogens (tertiary/aromatic N) is 3. The Hall–Kier alpha value is -0.650. The maximum absolute atomic E-state index is 9.24. The third-order valence-electron chi connectivity index (χ3n) is 4.97. The molecule has 18 heavy (non-hydrogen) atoms. The van der Waals surface area contributed by atoms with E-state index in [2.05, 4.69) is 15.0 Å². The second kappa shape index (κ2) is 5.15. The summed E-state index contributed by atoms with van der Waals surface area (Å²) in [5.41, 5.74) is 1.04. The van der Waals surface area contributed by atoms with Crippen molar-refractivity contribution in [1.82, 2.24) is 9.80 Å². The molecule has 1 saturated heterocycles. The first-order valence-corrected chi connectivity index (χ1v) is 7.12. The average molecular weight is 253 g/mol. The van der Waals surface area contributed by atoms with Crippen molar-refractivity contribution in [3.05, 3.63) is 0 Å². The number of aliphatic hydroxyl groups is 1. The number of hydrogen-bond donors (Lipinski definition) is 2. The zero-order chi connectivity index (χ0) is 12.5. The smallest absolute Gasteiger partial charge is 0.0775 e.